The van der Waals surface area contributed by atoms with Crippen molar-refractivity contribution in [2.45, 2.75) is 43.9 Å². The van der Waals surface area contributed by atoms with Gasteiger partial charge in [-0.05, 0) is 13.8 Å². The van der Waals surface area contributed by atoms with Gasteiger partial charge in [0.05, 0.1) is 12.2 Å². The summed E-state index contributed by atoms with van der Waals surface area (Å²) in [5.41, 5.74) is -0.889. The average Bonchev–Trinajstić information content (AvgIpc) is 2.28. The van der Waals surface area contributed by atoms with Crippen LogP contribution in [0.2, 0.25) is 0 Å². The Labute approximate surface area is 76.6 Å². The zero-order valence-electron chi connectivity index (χ0n) is 7.71. The van der Waals surface area contributed by atoms with Crippen molar-refractivity contribution in [3.05, 3.63) is 0 Å². The minimum atomic E-state index is -1.16. The summed E-state index contributed by atoms with van der Waals surface area (Å²) in [5, 5.41) is 36.8. The van der Waals surface area contributed by atoms with Crippen LogP contribution in [0.1, 0.15) is 13.8 Å². The summed E-state index contributed by atoms with van der Waals surface area (Å²) < 4.78 is 5.22. The molecule has 5 heteroatoms. The Morgan fingerprint density at radius 3 is 2.23 bits per heavy atom. The van der Waals surface area contributed by atoms with Gasteiger partial charge in [0, 0.05) is 0 Å². The molecule has 0 amide bonds. The highest BCUT2D eigenvalue weighted by Crippen LogP contribution is 2.31. The fourth-order valence-electron chi connectivity index (χ4n) is 1.49. The quantitative estimate of drug-likeness (QED) is 0.416. The van der Waals surface area contributed by atoms with Crippen LogP contribution >= 0.6 is 0 Å². The topological polar surface area (TPSA) is 90.2 Å². The second-order valence-electron chi connectivity index (χ2n) is 3.87. The Morgan fingerprint density at radius 2 is 1.92 bits per heavy atom. The van der Waals surface area contributed by atoms with Gasteiger partial charge in [0.25, 0.3) is 0 Å². The average molecular weight is 192 g/mol. The summed E-state index contributed by atoms with van der Waals surface area (Å²) in [4.78, 5) is 0. The lowest BCUT2D eigenvalue weighted by Crippen LogP contribution is -2.41. The largest absolute Gasteiger partial charge is 0.394 e. The molecule has 1 aliphatic rings. The number of hydrogen-bond donors (Lipinski definition) is 4. The first-order valence-electron chi connectivity index (χ1n) is 4.23. The van der Waals surface area contributed by atoms with Gasteiger partial charge in [-0.3, -0.25) is 0 Å². The van der Waals surface area contributed by atoms with Crippen LogP contribution in [0.4, 0.5) is 0 Å². The minimum absolute atomic E-state index is 0.496. The molecule has 1 aliphatic heterocycles. The summed E-state index contributed by atoms with van der Waals surface area (Å²) in [5.74, 6) is 0. The van der Waals surface area contributed by atoms with Crippen molar-refractivity contribution in [2.24, 2.45) is 0 Å². The summed E-state index contributed by atoms with van der Waals surface area (Å²) in [6, 6.07) is 0. The molecule has 1 rings (SSSR count). The highest BCUT2D eigenvalue weighted by molar-refractivity contribution is 4.98. The van der Waals surface area contributed by atoms with Crippen molar-refractivity contribution in [3.63, 3.8) is 0 Å². The van der Waals surface area contributed by atoms with E-state index >= 15 is 0 Å². The van der Waals surface area contributed by atoms with E-state index in [2.05, 4.69) is 0 Å². The van der Waals surface area contributed by atoms with Gasteiger partial charge in [0.1, 0.15) is 24.4 Å². The van der Waals surface area contributed by atoms with Crippen LogP contribution in [0.5, 0.6) is 0 Å². The molecule has 78 valence electrons. The van der Waals surface area contributed by atoms with Gasteiger partial charge < -0.3 is 25.2 Å². The van der Waals surface area contributed by atoms with Crippen LogP contribution in [0.15, 0.2) is 0 Å². The predicted octanol–water partition coefficient (Wildman–Crippen LogP) is -1.76. The van der Waals surface area contributed by atoms with Crippen molar-refractivity contribution in [1.29, 1.82) is 0 Å². The molecule has 0 aliphatic carbocycles. The van der Waals surface area contributed by atoms with Crippen LogP contribution in [0.3, 0.4) is 0 Å². The third kappa shape index (κ3) is 1.84. The van der Waals surface area contributed by atoms with Crippen LogP contribution < -0.4 is 0 Å². The molecule has 0 aromatic heterocycles. The molecule has 1 heterocycles. The first-order chi connectivity index (χ1) is 5.90. The van der Waals surface area contributed by atoms with Crippen LogP contribution in [0.25, 0.3) is 0 Å². The van der Waals surface area contributed by atoms with E-state index in [0.29, 0.717) is 0 Å². The second-order valence-corrected chi connectivity index (χ2v) is 3.87. The maximum Gasteiger partial charge on any atom is 0.115 e. The summed E-state index contributed by atoms with van der Waals surface area (Å²) >= 11 is 0. The summed E-state index contributed by atoms with van der Waals surface area (Å²) in [7, 11) is 0. The minimum Gasteiger partial charge on any atom is -0.394 e. The molecule has 4 N–H and O–H groups in total. The van der Waals surface area contributed by atoms with Crippen molar-refractivity contribution >= 4 is 0 Å². The maximum atomic E-state index is 9.47. The Bertz CT molecular complexity index is 181. The molecular formula is C8H16O5. The maximum absolute atomic E-state index is 9.47. The fourth-order valence-corrected chi connectivity index (χ4v) is 1.49. The van der Waals surface area contributed by atoms with E-state index in [1.807, 2.05) is 0 Å². The molecule has 5 nitrogen and oxygen atoms in total. The van der Waals surface area contributed by atoms with E-state index in [1.165, 1.54) is 0 Å². The van der Waals surface area contributed by atoms with Crippen LogP contribution in [-0.2, 0) is 4.74 Å². The normalized spacial score (nSPS) is 40.6. The molecule has 0 radical (unpaired) electrons. The number of aliphatic hydroxyl groups excluding tert-OH is 4. The number of ether oxygens (including phenoxy) is 1. The monoisotopic (exact) mass is 192 g/mol. The van der Waals surface area contributed by atoms with Crippen LogP contribution in [0, 0.1) is 0 Å². The first-order valence-corrected chi connectivity index (χ1v) is 4.23. The van der Waals surface area contributed by atoms with Crippen molar-refractivity contribution in [3.8, 4) is 0 Å². The van der Waals surface area contributed by atoms with Gasteiger partial charge in [0.2, 0.25) is 0 Å². The smallest absolute Gasteiger partial charge is 0.115 e. The van der Waals surface area contributed by atoms with Gasteiger partial charge in [-0.2, -0.15) is 0 Å². The lowest BCUT2D eigenvalue weighted by atomic mass is 9.97. The molecule has 4 unspecified atom stereocenters. The lowest BCUT2D eigenvalue weighted by molar-refractivity contribution is -0.107. The third-order valence-corrected chi connectivity index (χ3v) is 2.38. The molecule has 0 aromatic rings. The van der Waals surface area contributed by atoms with Gasteiger partial charge in [-0.25, -0.2) is 0 Å². The van der Waals surface area contributed by atoms with E-state index in [4.69, 9.17) is 9.84 Å². The first kappa shape index (κ1) is 10.9. The predicted molar refractivity (Wildman–Crippen MR) is 44.1 cm³/mol. The zero-order chi connectivity index (χ0) is 10.2. The highest BCUT2D eigenvalue weighted by atomic mass is 16.6. The zero-order valence-corrected chi connectivity index (χ0v) is 7.71. The molecule has 0 aromatic carbocycles. The molecular weight excluding hydrogens is 176 g/mol. The van der Waals surface area contributed by atoms with E-state index < -0.39 is 36.6 Å². The molecule has 0 bridgehead atoms. The number of aliphatic hydroxyl groups is 4. The molecule has 13 heavy (non-hydrogen) atoms. The van der Waals surface area contributed by atoms with E-state index in [-0.39, 0.29) is 0 Å². The Morgan fingerprint density at radius 1 is 1.38 bits per heavy atom. The van der Waals surface area contributed by atoms with Crippen molar-refractivity contribution < 1.29 is 25.2 Å². The third-order valence-electron chi connectivity index (χ3n) is 2.38. The number of hydrogen-bond acceptors (Lipinski definition) is 5. The van der Waals surface area contributed by atoms with E-state index in [9.17, 15) is 15.3 Å². The van der Waals surface area contributed by atoms with Crippen molar-refractivity contribution in [1.82, 2.24) is 0 Å². The van der Waals surface area contributed by atoms with Gasteiger partial charge in [0.15, 0.2) is 0 Å². The second kappa shape index (κ2) is 3.51. The number of rotatable bonds is 2. The van der Waals surface area contributed by atoms with E-state index in [1.54, 1.807) is 13.8 Å². The lowest BCUT2D eigenvalue weighted by Gasteiger charge is -2.22. The standard InChI is InChI=1S/C8H16O5/c1-8(2)7(12)5(11)6(13-8)4(10)3-9/h4-7,9-12H,3H2,1-2H3. The van der Waals surface area contributed by atoms with Gasteiger partial charge in [-0.1, -0.05) is 0 Å². The van der Waals surface area contributed by atoms with Gasteiger partial charge >= 0.3 is 0 Å². The molecule has 0 spiro atoms. The molecule has 1 saturated heterocycles. The molecule has 1 fully saturated rings. The fraction of sp³-hybridized carbons (Fsp3) is 1.00. The Balaban J connectivity index is 2.72. The Kier molecular flexibility index (Phi) is 2.94. The molecule has 0 saturated carbocycles. The Hall–Kier alpha value is -0.200. The van der Waals surface area contributed by atoms with Crippen LogP contribution in [-0.4, -0.2) is 57.0 Å². The van der Waals surface area contributed by atoms with Crippen molar-refractivity contribution in [2.75, 3.05) is 6.61 Å². The van der Waals surface area contributed by atoms with Gasteiger partial charge in [-0.15, -0.1) is 0 Å². The molecule has 4 atom stereocenters. The SMILES string of the molecule is CC1(C)OC(C(O)CO)C(O)C1O. The van der Waals surface area contributed by atoms with E-state index in [0.717, 1.165) is 0 Å². The summed E-state index contributed by atoms with van der Waals surface area (Å²) in [6.07, 6.45) is -4.28. The highest BCUT2D eigenvalue weighted by Gasteiger charge is 2.50. The summed E-state index contributed by atoms with van der Waals surface area (Å²) in [6.45, 7) is 2.74.